The predicted molar refractivity (Wildman–Crippen MR) is 74.6 cm³/mol. The Morgan fingerprint density at radius 3 is 2.84 bits per heavy atom. The molecule has 4 heteroatoms. The predicted octanol–water partition coefficient (Wildman–Crippen LogP) is 3.63. The standard InChI is InChI=1S/C15H17ClO3/c1-9-3-2-4-10(15(9)17)5-11-6-13-14(7-12(11)16)19-8-18-13/h5-7,9,15,17H,2-4,8H2,1H3/b10-5-. The van der Waals surface area contributed by atoms with Crippen LogP contribution >= 0.6 is 11.6 Å². The van der Waals surface area contributed by atoms with Crippen molar-refractivity contribution in [3.63, 3.8) is 0 Å². The van der Waals surface area contributed by atoms with Crippen molar-refractivity contribution in [2.24, 2.45) is 5.92 Å². The first-order valence-corrected chi connectivity index (χ1v) is 7.00. The molecule has 2 unspecified atom stereocenters. The van der Waals surface area contributed by atoms with Crippen molar-refractivity contribution in [1.82, 2.24) is 0 Å². The van der Waals surface area contributed by atoms with Gasteiger partial charge in [0.2, 0.25) is 6.79 Å². The van der Waals surface area contributed by atoms with Gasteiger partial charge in [0.1, 0.15) is 0 Å². The maximum atomic E-state index is 10.2. The molecule has 19 heavy (non-hydrogen) atoms. The summed E-state index contributed by atoms with van der Waals surface area (Å²) in [7, 11) is 0. The fourth-order valence-corrected chi connectivity index (χ4v) is 2.91. The van der Waals surface area contributed by atoms with Crippen LogP contribution in [0.4, 0.5) is 0 Å². The number of rotatable bonds is 1. The van der Waals surface area contributed by atoms with E-state index in [1.165, 1.54) is 0 Å². The quantitative estimate of drug-likeness (QED) is 0.854. The highest BCUT2D eigenvalue weighted by atomic mass is 35.5. The fraction of sp³-hybridized carbons (Fsp3) is 0.467. The second kappa shape index (κ2) is 5.06. The molecule has 1 heterocycles. The summed E-state index contributed by atoms with van der Waals surface area (Å²) in [5.41, 5.74) is 1.94. The lowest BCUT2D eigenvalue weighted by molar-refractivity contribution is 0.126. The van der Waals surface area contributed by atoms with Crippen LogP contribution in [0.25, 0.3) is 6.08 Å². The molecule has 0 radical (unpaired) electrons. The third-order valence-electron chi connectivity index (χ3n) is 3.88. The monoisotopic (exact) mass is 280 g/mol. The Balaban J connectivity index is 1.94. The number of aliphatic hydroxyl groups is 1. The number of aliphatic hydroxyl groups excluding tert-OH is 1. The Labute approximate surface area is 117 Å². The van der Waals surface area contributed by atoms with Gasteiger partial charge in [-0.05, 0) is 42.4 Å². The molecular formula is C15H17ClO3. The van der Waals surface area contributed by atoms with Crippen LogP contribution in [0, 0.1) is 5.92 Å². The Hall–Kier alpha value is -1.19. The minimum Gasteiger partial charge on any atom is -0.454 e. The second-order valence-corrected chi connectivity index (χ2v) is 5.67. The molecule has 0 bridgehead atoms. The van der Waals surface area contributed by atoms with E-state index >= 15 is 0 Å². The van der Waals surface area contributed by atoms with Gasteiger partial charge in [-0.2, -0.15) is 0 Å². The molecule has 0 aromatic heterocycles. The number of fused-ring (bicyclic) bond motifs is 1. The van der Waals surface area contributed by atoms with E-state index in [0.717, 1.165) is 36.1 Å². The number of hydrogen-bond acceptors (Lipinski definition) is 3. The molecule has 2 aliphatic rings. The number of hydrogen-bond donors (Lipinski definition) is 1. The van der Waals surface area contributed by atoms with E-state index in [0.29, 0.717) is 16.7 Å². The second-order valence-electron chi connectivity index (χ2n) is 5.26. The van der Waals surface area contributed by atoms with Crippen molar-refractivity contribution in [2.75, 3.05) is 6.79 Å². The largest absolute Gasteiger partial charge is 0.454 e. The molecule has 3 rings (SSSR count). The van der Waals surface area contributed by atoms with Gasteiger partial charge in [0.15, 0.2) is 11.5 Å². The van der Waals surface area contributed by atoms with Gasteiger partial charge in [0.25, 0.3) is 0 Å². The lowest BCUT2D eigenvalue weighted by atomic mass is 9.83. The van der Waals surface area contributed by atoms with Gasteiger partial charge in [-0.1, -0.05) is 24.6 Å². The third-order valence-corrected chi connectivity index (χ3v) is 4.20. The first kappa shape index (κ1) is 12.8. The summed E-state index contributed by atoms with van der Waals surface area (Å²) in [5.74, 6) is 1.71. The maximum absolute atomic E-state index is 10.2. The Morgan fingerprint density at radius 2 is 2.05 bits per heavy atom. The molecule has 3 nitrogen and oxygen atoms in total. The van der Waals surface area contributed by atoms with Crippen LogP contribution in [0.2, 0.25) is 5.02 Å². The van der Waals surface area contributed by atoms with E-state index in [4.69, 9.17) is 21.1 Å². The average molecular weight is 281 g/mol. The molecule has 0 saturated heterocycles. The molecule has 1 aromatic carbocycles. The van der Waals surface area contributed by atoms with E-state index in [9.17, 15) is 5.11 Å². The van der Waals surface area contributed by atoms with Crippen molar-refractivity contribution in [3.05, 3.63) is 28.3 Å². The average Bonchev–Trinajstić information content (AvgIpc) is 2.82. The van der Waals surface area contributed by atoms with Crippen LogP contribution in [-0.4, -0.2) is 18.0 Å². The van der Waals surface area contributed by atoms with Crippen LogP contribution in [0.3, 0.4) is 0 Å². The lowest BCUT2D eigenvalue weighted by Crippen LogP contribution is -2.24. The Bertz CT molecular complexity index is 524. The Morgan fingerprint density at radius 1 is 1.32 bits per heavy atom. The SMILES string of the molecule is CC1CCC/C(=C/c2cc3c(cc2Cl)OCO3)C1O. The molecule has 0 spiro atoms. The van der Waals surface area contributed by atoms with Gasteiger partial charge in [-0.25, -0.2) is 0 Å². The summed E-state index contributed by atoms with van der Waals surface area (Å²) < 4.78 is 10.6. The van der Waals surface area contributed by atoms with E-state index in [1.54, 1.807) is 6.07 Å². The number of benzene rings is 1. The van der Waals surface area contributed by atoms with Crippen molar-refractivity contribution in [2.45, 2.75) is 32.3 Å². The van der Waals surface area contributed by atoms with E-state index in [-0.39, 0.29) is 12.9 Å². The highest BCUT2D eigenvalue weighted by Crippen LogP contribution is 2.39. The minimum atomic E-state index is -0.366. The summed E-state index contributed by atoms with van der Waals surface area (Å²) in [5, 5.41) is 10.8. The smallest absolute Gasteiger partial charge is 0.231 e. The van der Waals surface area contributed by atoms with Crippen molar-refractivity contribution >= 4 is 17.7 Å². The maximum Gasteiger partial charge on any atom is 0.231 e. The molecular weight excluding hydrogens is 264 g/mol. The van der Waals surface area contributed by atoms with Gasteiger partial charge >= 0.3 is 0 Å². The molecule has 1 aliphatic heterocycles. The molecule has 1 fully saturated rings. The van der Waals surface area contributed by atoms with Crippen molar-refractivity contribution in [3.8, 4) is 11.5 Å². The van der Waals surface area contributed by atoms with Crippen LogP contribution in [0.1, 0.15) is 31.7 Å². The highest BCUT2D eigenvalue weighted by Gasteiger charge is 2.24. The summed E-state index contributed by atoms with van der Waals surface area (Å²) in [6.07, 6.45) is 4.75. The molecule has 1 aromatic rings. The molecule has 0 amide bonds. The normalized spacial score (nSPS) is 27.8. The minimum absolute atomic E-state index is 0.241. The van der Waals surface area contributed by atoms with Gasteiger partial charge in [-0.15, -0.1) is 0 Å². The number of halogens is 1. The first-order valence-electron chi connectivity index (χ1n) is 6.63. The summed E-state index contributed by atoms with van der Waals surface area (Å²) in [4.78, 5) is 0. The van der Waals surface area contributed by atoms with E-state index in [1.807, 2.05) is 12.1 Å². The lowest BCUT2D eigenvalue weighted by Gasteiger charge is -2.27. The molecule has 2 atom stereocenters. The van der Waals surface area contributed by atoms with Gasteiger partial charge in [-0.3, -0.25) is 0 Å². The first-order chi connectivity index (χ1) is 9.15. The third kappa shape index (κ3) is 2.45. The fourth-order valence-electron chi connectivity index (χ4n) is 2.70. The van der Waals surface area contributed by atoms with Gasteiger partial charge in [0.05, 0.1) is 11.1 Å². The van der Waals surface area contributed by atoms with Gasteiger partial charge in [0, 0.05) is 6.07 Å². The van der Waals surface area contributed by atoms with Crippen LogP contribution in [0.5, 0.6) is 11.5 Å². The van der Waals surface area contributed by atoms with Crippen molar-refractivity contribution < 1.29 is 14.6 Å². The molecule has 1 N–H and O–H groups in total. The molecule has 1 aliphatic carbocycles. The van der Waals surface area contributed by atoms with E-state index < -0.39 is 0 Å². The molecule has 1 saturated carbocycles. The summed E-state index contributed by atoms with van der Waals surface area (Å²) in [6, 6.07) is 3.65. The topological polar surface area (TPSA) is 38.7 Å². The van der Waals surface area contributed by atoms with Crippen LogP contribution in [-0.2, 0) is 0 Å². The summed E-state index contributed by atoms with van der Waals surface area (Å²) in [6.45, 7) is 2.32. The molecule has 102 valence electrons. The zero-order chi connectivity index (χ0) is 13.4. The number of ether oxygens (including phenoxy) is 2. The zero-order valence-corrected chi connectivity index (χ0v) is 11.6. The van der Waals surface area contributed by atoms with Crippen molar-refractivity contribution in [1.29, 1.82) is 0 Å². The Kier molecular flexibility index (Phi) is 3.42. The van der Waals surface area contributed by atoms with Gasteiger partial charge < -0.3 is 14.6 Å². The highest BCUT2D eigenvalue weighted by molar-refractivity contribution is 6.32. The zero-order valence-electron chi connectivity index (χ0n) is 10.9. The van der Waals surface area contributed by atoms with Crippen LogP contribution in [0.15, 0.2) is 17.7 Å². The van der Waals surface area contributed by atoms with E-state index in [2.05, 4.69) is 6.92 Å². The van der Waals surface area contributed by atoms with Crippen LogP contribution < -0.4 is 9.47 Å². The summed E-state index contributed by atoms with van der Waals surface area (Å²) >= 11 is 6.25.